The fraction of sp³-hybridized carbons (Fsp3) is 0.750. The molecule has 0 aromatic heterocycles. The number of hydrogen-bond acceptors (Lipinski definition) is 7. The van der Waals surface area contributed by atoms with Gasteiger partial charge >= 0.3 is 11.9 Å². The number of carbonyl (C=O) groups excluding carboxylic acids is 3. The standard InChI is InChI=1S/C20H34N4O7S/c1-11(2)9-14(23-17(27)12-5-4-7-21-12)18(28)24-15(10-16(25)26)19(29)22-13(20(30)31)6-8-32-3/h11-15,21H,4-10H2,1-3H3,(H,22,29)(H,23,27)(H,24,28)(H,25,26)(H,30,31). The van der Waals surface area contributed by atoms with E-state index in [0.717, 1.165) is 6.42 Å². The van der Waals surface area contributed by atoms with Gasteiger partial charge in [-0.05, 0) is 50.2 Å². The van der Waals surface area contributed by atoms with Crippen molar-refractivity contribution in [3.63, 3.8) is 0 Å². The van der Waals surface area contributed by atoms with Crippen LogP contribution in [0.2, 0.25) is 0 Å². The van der Waals surface area contributed by atoms with Crippen molar-refractivity contribution in [2.45, 2.75) is 70.1 Å². The van der Waals surface area contributed by atoms with E-state index in [4.69, 9.17) is 0 Å². The Hall–Kier alpha value is -2.34. The quantitative estimate of drug-likeness (QED) is 0.195. The number of aliphatic carboxylic acids is 2. The minimum Gasteiger partial charge on any atom is -0.481 e. The van der Waals surface area contributed by atoms with Crippen LogP contribution in [0.3, 0.4) is 0 Å². The topological polar surface area (TPSA) is 174 Å². The van der Waals surface area contributed by atoms with Crippen LogP contribution in [0.25, 0.3) is 0 Å². The molecular formula is C20H34N4O7S. The molecule has 4 atom stereocenters. The third kappa shape index (κ3) is 9.86. The summed E-state index contributed by atoms with van der Waals surface area (Å²) in [7, 11) is 0. The molecule has 4 unspecified atom stereocenters. The van der Waals surface area contributed by atoms with Gasteiger partial charge in [-0.15, -0.1) is 0 Å². The van der Waals surface area contributed by atoms with Crippen molar-refractivity contribution in [3.05, 3.63) is 0 Å². The molecule has 1 rings (SSSR count). The second-order valence-electron chi connectivity index (χ2n) is 8.18. The maximum absolute atomic E-state index is 12.9. The van der Waals surface area contributed by atoms with E-state index in [1.807, 2.05) is 13.8 Å². The normalized spacial score (nSPS) is 18.4. The number of hydrogen-bond donors (Lipinski definition) is 6. The predicted molar refractivity (Wildman–Crippen MR) is 119 cm³/mol. The Balaban J connectivity index is 2.90. The molecular weight excluding hydrogens is 440 g/mol. The van der Waals surface area contributed by atoms with Crippen molar-refractivity contribution >= 4 is 41.4 Å². The van der Waals surface area contributed by atoms with Gasteiger partial charge < -0.3 is 31.5 Å². The lowest BCUT2D eigenvalue weighted by Gasteiger charge is -2.25. The van der Waals surface area contributed by atoms with Crippen molar-refractivity contribution in [3.8, 4) is 0 Å². The molecule has 0 saturated carbocycles. The highest BCUT2D eigenvalue weighted by Gasteiger charge is 2.32. The van der Waals surface area contributed by atoms with Gasteiger partial charge in [0, 0.05) is 0 Å². The summed E-state index contributed by atoms with van der Waals surface area (Å²) in [5, 5.41) is 28.9. The van der Waals surface area contributed by atoms with Crippen LogP contribution in [0.4, 0.5) is 0 Å². The van der Waals surface area contributed by atoms with Gasteiger partial charge in [0.1, 0.15) is 18.1 Å². The predicted octanol–water partition coefficient (Wildman–Crippen LogP) is -0.449. The van der Waals surface area contributed by atoms with Crippen LogP contribution in [0.1, 0.15) is 46.0 Å². The Morgan fingerprint density at radius 2 is 1.62 bits per heavy atom. The first-order valence-electron chi connectivity index (χ1n) is 10.6. The van der Waals surface area contributed by atoms with Crippen LogP contribution < -0.4 is 21.3 Å². The zero-order valence-corrected chi connectivity index (χ0v) is 19.5. The van der Waals surface area contributed by atoms with Gasteiger partial charge in [-0.3, -0.25) is 19.2 Å². The molecule has 11 nitrogen and oxygen atoms in total. The van der Waals surface area contributed by atoms with Crippen molar-refractivity contribution in [1.29, 1.82) is 0 Å². The Labute approximate surface area is 191 Å². The summed E-state index contributed by atoms with van der Waals surface area (Å²) < 4.78 is 0. The number of carboxylic acids is 2. The van der Waals surface area contributed by atoms with E-state index < -0.39 is 54.3 Å². The van der Waals surface area contributed by atoms with E-state index >= 15 is 0 Å². The maximum Gasteiger partial charge on any atom is 0.326 e. The summed E-state index contributed by atoms with van der Waals surface area (Å²) in [4.78, 5) is 60.6. The van der Waals surface area contributed by atoms with Gasteiger partial charge in [0.2, 0.25) is 17.7 Å². The fourth-order valence-corrected chi connectivity index (χ4v) is 3.78. The van der Waals surface area contributed by atoms with Gasteiger partial charge in [-0.2, -0.15) is 11.8 Å². The molecule has 182 valence electrons. The Morgan fingerprint density at radius 3 is 2.12 bits per heavy atom. The molecule has 0 aromatic rings. The summed E-state index contributed by atoms with van der Waals surface area (Å²) in [5.41, 5.74) is 0. The van der Waals surface area contributed by atoms with E-state index in [-0.39, 0.29) is 24.7 Å². The molecule has 12 heteroatoms. The Morgan fingerprint density at radius 1 is 1.00 bits per heavy atom. The molecule has 1 aliphatic rings. The first-order chi connectivity index (χ1) is 15.0. The molecule has 1 heterocycles. The van der Waals surface area contributed by atoms with Gasteiger partial charge in [0.05, 0.1) is 12.5 Å². The Bertz CT molecular complexity index is 683. The van der Waals surface area contributed by atoms with Gasteiger partial charge in [0.15, 0.2) is 0 Å². The highest BCUT2D eigenvalue weighted by molar-refractivity contribution is 7.98. The lowest BCUT2D eigenvalue weighted by atomic mass is 10.0. The van der Waals surface area contributed by atoms with Crippen molar-refractivity contribution in [2.75, 3.05) is 18.6 Å². The monoisotopic (exact) mass is 474 g/mol. The average molecular weight is 475 g/mol. The van der Waals surface area contributed by atoms with E-state index in [1.165, 1.54) is 11.8 Å². The third-order valence-electron chi connectivity index (χ3n) is 4.95. The summed E-state index contributed by atoms with van der Waals surface area (Å²) in [6.07, 6.45) is 3.00. The summed E-state index contributed by atoms with van der Waals surface area (Å²) >= 11 is 1.41. The summed E-state index contributed by atoms with van der Waals surface area (Å²) in [6.45, 7) is 4.44. The maximum atomic E-state index is 12.9. The molecule has 32 heavy (non-hydrogen) atoms. The number of rotatable bonds is 14. The lowest BCUT2D eigenvalue weighted by molar-refractivity contribution is -0.143. The van der Waals surface area contributed by atoms with Gasteiger partial charge in [-0.1, -0.05) is 13.8 Å². The van der Waals surface area contributed by atoms with Crippen LogP contribution in [-0.4, -0.2) is 82.6 Å². The molecule has 0 spiro atoms. The zero-order valence-electron chi connectivity index (χ0n) is 18.7. The Kier molecular flexibility index (Phi) is 12.1. The molecule has 1 saturated heterocycles. The van der Waals surface area contributed by atoms with Crippen LogP contribution in [0.15, 0.2) is 0 Å². The fourth-order valence-electron chi connectivity index (χ4n) is 3.31. The van der Waals surface area contributed by atoms with Crippen molar-refractivity contribution in [1.82, 2.24) is 21.3 Å². The highest BCUT2D eigenvalue weighted by Crippen LogP contribution is 2.10. The van der Waals surface area contributed by atoms with Crippen LogP contribution in [0.5, 0.6) is 0 Å². The van der Waals surface area contributed by atoms with Gasteiger partial charge in [0.25, 0.3) is 0 Å². The SMILES string of the molecule is CSCCC(NC(=O)C(CC(=O)O)NC(=O)C(CC(C)C)NC(=O)C1CCCN1)C(=O)O. The minimum absolute atomic E-state index is 0.0391. The van der Waals surface area contributed by atoms with Crippen molar-refractivity contribution < 1.29 is 34.2 Å². The van der Waals surface area contributed by atoms with Crippen LogP contribution in [0, 0.1) is 5.92 Å². The molecule has 0 aliphatic carbocycles. The third-order valence-corrected chi connectivity index (χ3v) is 5.60. The van der Waals surface area contributed by atoms with Gasteiger partial charge in [-0.25, -0.2) is 4.79 Å². The van der Waals surface area contributed by atoms with E-state index in [9.17, 15) is 34.2 Å². The van der Waals surface area contributed by atoms with E-state index in [2.05, 4.69) is 21.3 Å². The number of thioether (sulfide) groups is 1. The smallest absolute Gasteiger partial charge is 0.326 e. The molecule has 0 bridgehead atoms. The number of nitrogens with one attached hydrogen (secondary N) is 4. The van der Waals surface area contributed by atoms with E-state index in [1.54, 1.807) is 6.26 Å². The molecule has 0 radical (unpaired) electrons. The molecule has 0 aromatic carbocycles. The van der Waals surface area contributed by atoms with E-state index in [0.29, 0.717) is 18.7 Å². The summed E-state index contributed by atoms with van der Waals surface area (Å²) in [5.74, 6) is -3.99. The zero-order chi connectivity index (χ0) is 24.3. The average Bonchev–Trinajstić information content (AvgIpc) is 3.23. The number of amides is 3. The van der Waals surface area contributed by atoms with Crippen LogP contribution in [-0.2, 0) is 24.0 Å². The molecule has 6 N–H and O–H groups in total. The second-order valence-corrected chi connectivity index (χ2v) is 9.17. The van der Waals surface area contributed by atoms with Crippen LogP contribution >= 0.6 is 11.8 Å². The lowest BCUT2D eigenvalue weighted by Crippen LogP contribution is -2.57. The number of carbonyl (C=O) groups is 5. The molecule has 3 amide bonds. The highest BCUT2D eigenvalue weighted by atomic mass is 32.2. The largest absolute Gasteiger partial charge is 0.481 e. The number of carboxylic acid groups (broad SMARTS) is 2. The summed E-state index contributed by atoms with van der Waals surface area (Å²) in [6, 6.07) is -4.04. The van der Waals surface area contributed by atoms with Crippen molar-refractivity contribution in [2.24, 2.45) is 5.92 Å². The molecule has 1 aliphatic heterocycles. The first-order valence-corrected chi connectivity index (χ1v) is 12.0. The first kappa shape index (κ1) is 27.7. The minimum atomic E-state index is -1.48. The molecule has 1 fully saturated rings. The second kappa shape index (κ2) is 13.9.